The minimum absolute atomic E-state index is 0.450. The molecule has 0 saturated heterocycles. The van der Waals surface area contributed by atoms with Crippen LogP contribution in [0.3, 0.4) is 0 Å². The highest BCUT2D eigenvalue weighted by atomic mass is 32.1. The Morgan fingerprint density at radius 2 is 2.35 bits per heavy atom. The highest BCUT2D eigenvalue weighted by molar-refractivity contribution is 7.13. The molecule has 0 aliphatic carbocycles. The molecule has 0 atom stereocenters. The van der Waals surface area contributed by atoms with Gasteiger partial charge in [0.25, 0.3) is 0 Å². The van der Waals surface area contributed by atoms with Crippen molar-refractivity contribution in [1.29, 1.82) is 0 Å². The summed E-state index contributed by atoms with van der Waals surface area (Å²) in [5.41, 5.74) is 2.13. The third-order valence-electron chi connectivity index (χ3n) is 2.36. The van der Waals surface area contributed by atoms with E-state index in [-0.39, 0.29) is 0 Å². The Labute approximate surface area is 99.7 Å². The van der Waals surface area contributed by atoms with Gasteiger partial charge in [-0.1, -0.05) is 0 Å². The average molecular weight is 248 g/mol. The Hall–Kier alpha value is -2.08. The molecule has 2 aromatic heterocycles. The second kappa shape index (κ2) is 3.74. The molecule has 0 radical (unpaired) electrons. The van der Waals surface area contributed by atoms with E-state index in [0.717, 1.165) is 10.6 Å². The summed E-state index contributed by atoms with van der Waals surface area (Å²) in [6, 6.07) is 5.44. The highest BCUT2D eigenvalue weighted by Crippen LogP contribution is 2.28. The van der Waals surface area contributed by atoms with Gasteiger partial charge in [-0.05, 0) is 18.2 Å². The van der Waals surface area contributed by atoms with Crippen molar-refractivity contribution in [3.8, 4) is 16.5 Å². The van der Waals surface area contributed by atoms with E-state index in [2.05, 4.69) is 9.97 Å². The summed E-state index contributed by atoms with van der Waals surface area (Å²) < 4.78 is 9.96. The van der Waals surface area contributed by atoms with Gasteiger partial charge >= 0.3 is 5.76 Å². The van der Waals surface area contributed by atoms with E-state index in [1.165, 1.54) is 11.3 Å². The number of rotatable bonds is 2. The number of nitrogens with zero attached hydrogens (tertiary/aromatic N) is 1. The van der Waals surface area contributed by atoms with Crippen LogP contribution in [-0.2, 0) is 0 Å². The van der Waals surface area contributed by atoms with E-state index in [9.17, 15) is 4.79 Å². The molecular formula is C11H8N2O3S. The van der Waals surface area contributed by atoms with Gasteiger partial charge in [-0.25, -0.2) is 9.78 Å². The van der Waals surface area contributed by atoms with Crippen molar-refractivity contribution in [3.05, 3.63) is 34.1 Å². The normalized spacial score (nSPS) is 10.9. The molecule has 2 heterocycles. The molecule has 5 nitrogen and oxygen atoms in total. The molecule has 0 aliphatic heterocycles. The average Bonchev–Trinajstić information content (AvgIpc) is 2.92. The van der Waals surface area contributed by atoms with Gasteiger partial charge < -0.3 is 9.15 Å². The van der Waals surface area contributed by atoms with Crippen LogP contribution in [0.4, 0.5) is 0 Å². The zero-order chi connectivity index (χ0) is 11.8. The maximum atomic E-state index is 11.0. The van der Waals surface area contributed by atoms with Crippen molar-refractivity contribution in [3.63, 3.8) is 0 Å². The summed E-state index contributed by atoms with van der Waals surface area (Å²) in [6.45, 7) is 0. The van der Waals surface area contributed by atoms with Crippen molar-refractivity contribution >= 4 is 22.4 Å². The van der Waals surface area contributed by atoms with E-state index in [1.54, 1.807) is 13.2 Å². The maximum Gasteiger partial charge on any atom is 0.417 e. The second-order valence-corrected chi connectivity index (χ2v) is 4.28. The molecular weight excluding hydrogens is 240 g/mol. The van der Waals surface area contributed by atoms with Crippen molar-refractivity contribution < 1.29 is 9.15 Å². The van der Waals surface area contributed by atoms with Gasteiger partial charge in [-0.15, -0.1) is 11.3 Å². The lowest BCUT2D eigenvalue weighted by Crippen LogP contribution is -1.92. The largest absolute Gasteiger partial charge is 0.480 e. The van der Waals surface area contributed by atoms with Crippen LogP contribution in [0.15, 0.2) is 32.8 Å². The fraction of sp³-hybridized carbons (Fsp3) is 0.0909. The number of hydrogen-bond acceptors (Lipinski definition) is 5. The fourth-order valence-corrected chi connectivity index (χ4v) is 2.34. The Morgan fingerprint density at radius 1 is 1.47 bits per heavy atom. The van der Waals surface area contributed by atoms with E-state index in [0.29, 0.717) is 17.0 Å². The number of ether oxygens (including phenoxy) is 1. The molecule has 3 aromatic rings. The number of H-pyrrole nitrogens is 1. The van der Waals surface area contributed by atoms with Crippen LogP contribution in [0.1, 0.15) is 0 Å². The minimum Gasteiger partial charge on any atom is -0.480 e. The first-order valence-corrected chi connectivity index (χ1v) is 5.77. The quantitative estimate of drug-likeness (QED) is 0.755. The molecule has 0 unspecified atom stereocenters. The predicted molar refractivity (Wildman–Crippen MR) is 64.5 cm³/mol. The van der Waals surface area contributed by atoms with Gasteiger partial charge in [0.05, 0.1) is 18.0 Å². The molecule has 1 N–H and O–H groups in total. The first-order valence-electron chi connectivity index (χ1n) is 4.89. The highest BCUT2D eigenvalue weighted by Gasteiger charge is 2.07. The van der Waals surface area contributed by atoms with Crippen molar-refractivity contribution in [2.24, 2.45) is 0 Å². The molecule has 0 fully saturated rings. The fourth-order valence-electron chi connectivity index (χ4n) is 1.57. The molecule has 17 heavy (non-hydrogen) atoms. The van der Waals surface area contributed by atoms with Crippen molar-refractivity contribution in [2.45, 2.75) is 0 Å². The van der Waals surface area contributed by atoms with E-state index < -0.39 is 5.76 Å². The third kappa shape index (κ3) is 1.72. The molecule has 3 rings (SSSR count). The number of thiazole rings is 1. The smallest absolute Gasteiger partial charge is 0.417 e. The molecule has 1 aromatic carbocycles. The third-order valence-corrected chi connectivity index (χ3v) is 3.23. The SMILES string of the molecule is COc1csc(-c2ccc3oc(=O)[nH]c3c2)n1. The summed E-state index contributed by atoms with van der Waals surface area (Å²) in [5, 5.41) is 2.67. The number of fused-ring (bicyclic) bond motifs is 1. The molecule has 0 saturated carbocycles. The van der Waals surface area contributed by atoms with Crippen LogP contribution >= 0.6 is 11.3 Å². The molecule has 0 bridgehead atoms. The first-order chi connectivity index (χ1) is 8.26. The summed E-state index contributed by atoms with van der Waals surface area (Å²) in [7, 11) is 1.58. The molecule has 0 aliphatic rings. The van der Waals surface area contributed by atoms with Crippen LogP contribution < -0.4 is 10.5 Å². The number of nitrogens with one attached hydrogen (secondary N) is 1. The number of methoxy groups -OCH3 is 1. The Bertz CT molecular complexity index is 725. The van der Waals surface area contributed by atoms with Gasteiger partial charge in [-0.2, -0.15) is 0 Å². The summed E-state index contributed by atoms with van der Waals surface area (Å²) in [6.07, 6.45) is 0. The minimum atomic E-state index is -0.450. The second-order valence-electron chi connectivity index (χ2n) is 3.42. The lowest BCUT2D eigenvalue weighted by atomic mass is 10.2. The van der Waals surface area contributed by atoms with Gasteiger partial charge in [0.15, 0.2) is 5.58 Å². The lowest BCUT2D eigenvalue weighted by Gasteiger charge is -1.95. The van der Waals surface area contributed by atoms with Gasteiger partial charge in [0, 0.05) is 5.56 Å². The number of aromatic nitrogens is 2. The van der Waals surface area contributed by atoms with E-state index >= 15 is 0 Å². The lowest BCUT2D eigenvalue weighted by molar-refractivity contribution is 0.401. The number of aromatic amines is 1. The molecule has 0 spiro atoms. The summed E-state index contributed by atoms with van der Waals surface area (Å²) >= 11 is 1.48. The van der Waals surface area contributed by atoms with E-state index in [1.807, 2.05) is 17.5 Å². The van der Waals surface area contributed by atoms with Gasteiger partial charge in [-0.3, -0.25) is 4.98 Å². The first kappa shape index (κ1) is 10.1. The topological polar surface area (TPSA) is 68.1 Å². The zero-order valence-corrected chi connectivity index (χ0v) is 9.71. The maximum absolute atomic E-state index is 11.0. The Morgan fingerprint density at radius 3 is 3.12 bits per heavy atom. The van der Waals surface area contributed by atoms with Crippen molar-refractivity contribution in [2.75, 3.05) is 7.11 Å². The van der Waals surface area contributed by atoms with Gasteiger partial charge in [0.2, 0.25) is 5.88 Å². The Kier molecular flexibility index (Phi) is 2.22. The number of benzene rings is 1. The Balaban J connectivity index is 2.13. The standard InChI is InChI=1S/C11H8N2O3S/c1-15-9-5-17-10(13-9)6-2-3-8-7(4-6)12-11(14)16-8/h2-5H,1H3,(H,12,14). The summed E-state index contributed by atoms with van der Waals surface area (Å²) in [5.74, 6) is 0.139. The summed E-state index contributed by atoms with van der Waals surface area (Å²) in [4.78, 5) is 17.9. The van der Waals surface area contributed by atoms with Crippen LogP contribution in [0, 0.1) is 0 Å². The van der Waals surface area contributed by atoms with E-state index in [4.69, 9.17) is 9.15 Å². The molecule has 86 valence electrons. The van der Waals surface area contributed by atoms with Gasteiger partial charge in [0.1, 0.15) is 5.01 Å². The van der Waals surface area contributed by atoms with Crippen molar-refractivity contribution in [1.82, 2.24) is 9.97 Å². The molecule has 0 amide bonds. The number of oxazole rings is 1. The van der Waals surface area contributed by atoms with Crippen LogP contribution in [0.25, 0.3) is 21.7 Å². The monoisotopic (exact) mass is 248 g/mol. The van der Waals surface area contributed by atoms with Crippen LogP contribution in [-0.4, -0.2) is 17.1 Å². The number of hydrogen-bond donors (Lipinski definition) is 1. The van der Waals surface area contributed by atoms with Crippen LogP contribution in [0.2, 0.25) is 0 Å². The predicted octanol–water partition coefficient (Wildman–Crippen LogP) is 2.25. The molecule has 6 heteroatoms. The van der Waals surface area contributed by atoms with Crippen LogP contribution in [0.5, 0.6) is 5.88 Å². The zero-order valence-electron chi connectivity index (χ0n) is 8.89.